The molecule has 0 bridgehead atoms. The molecule has 0 fully saturated rings. The van der Waals surface area contributed by atoms with Gasteiger partial charge in [-0.2, -0.15) is 0 Å². The Morgan fingerprint density at radius 3 is 1.81 bits per heavy atom. The first-order valence-electron chi connectivity index (χ1n) is 6.82. The average Bonchev–Trinajstić information content (AvgIpc) is 2.32. The molecule has 1 aromatic carbocycles. The number of hydrogen-bond donors (Lipinski definition) is 0. The zero-order valence-corrected chi connectivity index (χ0v) is 11.3. The first kappa shape index (κ1) is 13.3. The van der Waals surface area contributed by atoms with Crippen molar-refractivity contribution in [1.29, 1.82) is 0 Å². The summed E-state index contributed by atoms with van der Waals surface area (Å²) in [5, 5.41) is 0. The van der Waals surface area contributed by atoms with Crippen LogP contribution in [0.1, 0.15) is 76.3 Å². The van der Waals surface area contributed by atoms with Crippen LogP contribution in [-0.2, 0) is 0 Å². The Morgan fingerprint density at radius 1 is 0.875 bits per heavy atom. The van der Waals surface area contributed by atoms with Gasteiger partial charge in [0.2, 0.25) is 0 Å². The summed E-state index contributed by atoms with van der Waals surface area (Å²) in [5.41, 5.74) is 3.01. The van der Waals surface area contributed by atoms with E-state index in [9.17, 15) is 0 Å². The zero-order valence-electron chi connectivity index (χ0n) is 11.3. The molecule has 90 valence electrons. The second-order valence-corrected chi connectivity index (χ2v) is 4.87. The molecule has 0 saturated heterocycles. The first-order chi connectivity index (χ1) is 7.72. The third kappa shape index (κ3) is 3.37. The number of rotatable bonds is 6. The fraction of sp³-hybridized carbons (Fsp3) is 0.625. The van der Waals surface area contributed by atoms with E-state index in [2.05, 4.69) is 52.0 Å². The molecule has 0 spiro atoms. The van der Waals surface area contributed by atoms with Crippen molar-refractivity contribution < 1.29 is 0 Å². The summed E-state index contributed by atoms with van der Waals surface area (Å²) in [4.78, 5) is 0. The second-order valence-electron chi connectivity index (χ2n) is 4.87. The Labute approximate surface area is 101 Å². The zero-order chi connectivity index (χ0) is 12.0. The van der Waals surface area contributed by atoms with Crippen LogP contribution in [0.15, 0.2) is 24.3 Å². The lowest BCUT2D eigenvalue weighted by Crippen LogP contribution is -1.97. The van der Waals surface area contributed by atoms with Gasteiger partial charge in [-0.25, -0.2) is 0 Å². The minimum absolute atomic E-state index is 0.709. The second kappa shape index (κ2) is 6.73. The van der Waals surface area contributed by atoms with Crippen LogP contribution in [0.2, 0.25) is 0 Å². The van der Waals surface area contributed by atoms with E-state index in [0.717, 1.165) is 5.92 Å². The highest BCUT2D eigenvalue weighted by Crippen LogP contribution is 2.26. The van der Waals surface area contributed by atoms with Crippen LogP contribution in [0.3, 0.4) is 0 Å². The SMILES string of the molecule is CCC[C@H](C)c1ccc(C(CC)CC)cc1. The maximum Gasteiger partial charge on any atom is -0.0167 e. The Hall–Kier alpha value is -0.780. The van der Waals surface area contributed by atoms with Gasteiger partial charge in [-0.15, -0.1) is 0 Å². The minimum atomic E-state index is 0.709. The molecule has 0 aliphatic heterocycles. The molecule has 0 unspecified atom stereocenters. The van der Waals surface area contributed by atoms with Crippen molar-refractivity contribution in [1.82, 2.24) is 0 Å². The minimum Gasteiger partial charge on any atom is -0.0654 e. The molecule has 16 heavy (non-hydrogen) atoms. The van der Waals surface area contributed by atoms with Crippen molar-refractivity contribution in [3.8, 4) is 0 Å². The topological polar surface area (TPSA) is 0 Å². The van der Waals surface area contributed by atoms with Crippen molar-refractivity contribution >= 4 is 0 Å². The summed E-state index contributed by atoms with van der Waals surface area (Å²) in [6, 6.07) is 9.32. The van der Waals surface area contributed by atoms with E-state index in [4.69, 9.17) is 0 Å². The maximum absolute atomic E-state index is 2.33. The molecule has 0 aliphatic carbocycles. The third-order valence-corrected chi connectivity index (χ3v) is 3.68. The van der Waals surface area contributed by atoms with Crippen molar-refractivity contribution in [2.75, 3.05) is 0 Å². The fourth-order valence-electron chi connectivity index (χ4n) is 2.46. The van der Waals surface area contributed by atoms with Gasteiger partial charge in [-0.1, -0.05) is 58.4 Å². The number of benzene rings is 1. The van der Waals surface area contributed by atoms with E-state index >= 15 is 0 Å². The first-order valence-corrected chi connectivity index (χ1v) is 6.82. The highest BCUT2D eigenvalue weighted by molar-refractivity contribution is 5.27. The molecule has 1 aromatic rings. The van der Waals surface area contributed by atoms with Crippen LogP contribution >= 0.6 is 0 Å². The lowest BCUT2D eigenvalue weighted by atomic mass is 9.90. The van der Waals surface area contributed by atoms with Crippen LogP contribution in [0, 0.1) is 0 Å². The van der Waals surface area contributed by atoms with Crippen LogP contribution in [-0.4, -0.2) is 0 Å². The van der Waals surface area contributed by atoms with E-state index in [1.165, 1.54) is 36.8 Å². The normalized spacial score (nSPS) is 13.1. The molecule has 0 aliphatic rings. The Bertz CT molecular complexity index is 279. The lowest BCUT2D eigenvalue weighted by molar-refractivity contribution is 0.638. The lowest BCUT2D eigenvalue weighted by Gasteiger charge is -2.15. The molecule has 0 saturated carbocycles. The quantitative estimate of drug-likeness (QED) is 0.592. The molecular formula is C16H26. The van der Waals surface area contributed by atoms with Crippen molar-refractivity contribution in [2.45, 2.75) is 65.2 Å². The van der Waals surface area contributed by atoms with E-state index in [0.29, 0.717) is 5.92 Å². The van der Waals surface area contributed by atoms with Crippen LogP contribution in [0.4, 0.5) is 0 Å². The van der Waals surface area contributed by atoms with Crippen LogP contribution in [0.5, 0.6) is 0 Å². The van der Waals surface area contributed by atoms with Gasteiger partial charge < -0.3 is 0 Å². The predicted octanol–water partition coefficient (Wildman–Crippen LogP) is 5.49. The highest BCUT2D eigenvalue weighted by Gasteiger charge is 2.08. The third-order valence-electron chi connectivity index (χ3n) is 3.68. The maximum atomic E-state index is 2.33. The summed E-state index contributed by atoms with van der Waals surface area (Å²) < 4.78 is 0. The molecule has 0 radical (unpaired) electrons. The summed E-state index contributed by atoms with van der Waals surface area (Å²) in [6.45, 7) is 9.15. The van der Waals surface area contributed by atoms with E-state index < -0.39 is 0 Å². The largest absolute Gasteiger partial charge is 0.0654 e. The monoisotopic (exact) mass is 218 g/mol. The van der Waals surface area contributed by atoms with Crippen molar-refractivity contribution in [3.05, 3.63) is 35.4 Å². The van der Waals surface area contributed by atoms with Crippen LogP contribution in [0.25, 0.3) is 0 Å². The van der Waals surface area contributed by atoms with Crippen molar-refractivity contribution in [2.24, 2.45) is 0 Å². The molecule has 0 amide bonds. The van der Waals surface area contributed by atoms with Crippen LogP contribution < -0.4 is 0 Å². The Kier molecular flexibility index (Phi) is 5.59. The predicted molar refractivity (Wildman–Crippen MR) is 73.1 cm³/mol. The fourth-order valence-corrected chi connectivity index (χ4v) is 2.46. The molecule has 0 heteroatoms. The van der Waals surface area contributed by atoms with Gasteiger partial charge in [0.1, 0.15) is 0 Å². The van der Waals surface area contributed by atoms with Gasteiger partial charge in [0.25, 0.3) is 0 Å². The Morgan fingerprint density at radius 2 is 1.38 bits per heavy atom. The van der Waals surface area contributed by atoms with Gasteiger partial charge in [-0.3, -0.25) is 0 Å². The van der Waals surface area contributed by atoms with Gasteiger partial charge in [0.05, 0.1) is 0 Å². The van der Waals surface area contributed by atoms with Gasteiger partial charge in [-0.05, 0) is 42.2 Å². The van der Waals surface area contributed by atoms with Gasteiger partial charge in [0.15, 0.2) is 0 Å². The van der Waals surface area contributed by atoms with E-state index in [1.807, 2.05) is 0 Å². The highest BCUT2D eigenvalue weighted by atomic mass is 14.1. The standard InChI is InChI=1S/C16H26/c1-5-8-13(4)15-9-11-16(12-10-15)14(6-2)7-3/h9-14H,5-8H2,1-4H3/t13-/m0/s1. The summed E-state index contributed by atoms with van der Waals surface area (Å²) in [7, 11) is 0. The summed E-state index contributed by atoms with van der Waals surface area (Å²) in [6.07, 6.45) is 5.07. The number of hydrogen-bond acceptors (Lipinski definition) is 0. The molecule has 1 atom stereocenters. The molecular weight excluding hydrogens is 192 g/mol. The molecule has 0 heterocycles. The summed E-state index contributed by atoms with van der Waals surface area (Å²) in [5.74, 6) is 1.45. The Balaban J connectivity index is 2.74. The molecule has 0 aromatic heterocycles. The van der Waals surface area contributed by atoms with E-state index in [1.54, 1.807) is 0 Å². The van der Waals surface area contributed by atoms with Gasteiger partial charge in [0, 0.05) is 0 Å². The molecule has 0 nitrogen and oxygen atoms in total. The summed E-state index contributed by atoms with van der Waals surface area (Å²) >= 11 is 0. The van der Waals surface area contributed by atoms with Crippen molar-refractivity contribution in [3.63, 3.8) is 0 Å². The average molecular weight is 218 g/mol. The molecule has 1 rings (SSSR count). The van der Waals surface area contributed by atoms with E-state index in [-0.39, 0.29) is 0 Å². The van der Waals surface area contributed by atoms with Gasteiger partial charge >= 0.3 is 0 Å². The molecule has 0 N–H and O–H groups in total. The smallest absolute Gasteiger partial charge is 0.0167 e.